The molecule has 0 atom stereocenters. The van der Waals surface area contributed by atoms with Crippen LogP contribution in [0.2, 0.25) is 0 Å². The van der Waals surface area contributed by atoms with Gasteiger partial charge in [-0.1, -0.05) is 127 Å². The lowest BCUT2D eigenvalue weighted by Crippen LogP contribution is -1.90. The Morgan fingerprint density at radius 1 is 0.429 bits per heavy atom. The van der Waals surface area contributed by atoms with Crippen molar-refractivity contribution in [3.63, 3.8) is 0 Å². The minimum absolute atomic E-state index is 0.00770. The zero-order chi connectivity index (χ0) is 35.4. The third-order valence-corrected chi connectivity index (χ3v) is 7.16. The van der Waals surface area contributed by atoms with Crippen molar-refractivity contribution < 1.29 is 19.2 Å². The number of benzene rings is 6. The van der Waals surface area contributed by atoms with Gasteiger partial charge in [0, 0.05) is 26.1 Å². The molecule has 164 valence electrons. The maximum Gasteiger partial charge on any atom is 0.0629 e. The lowest BCUT2D eigenvalue weighted by molar-refractivity contribution is 1.66. The molecule has 1 aromatic heterocycles. The van der Waals surface area contributed by atoms with Crippen LogP contribution < -0.4 is 0 Å². The van der Waals surface area contributed by atoms with Crippen LogP contribution in [0, 0.1) is 0 Å². The Balaban J connectivity index is 1.81. The molecule has 0 saturated heterocycles. The minimum Gasteiger partial charge on any atom is -0.134 e. The number of hydrogen-bond acceptors (Lipinski definition) is 1. The SMILES string of the molecule is [2H]c1c([2H])c([2H])c(-c2c(-c3c4ccccc4c(-c4c([2H])c([2H])c([2H])c([2H])c4[2H])c4c([2H])c([2H])c([2H])c([2H])c34)sc3ccccc23)c([2H])c1[2H]. The van der Waals surface area contributed by atoms with Crippen LogP contribution in [0.25, 0.3) is 64.3 Å². The zero-order valence-corrected chi connectivity index (χ0v) is 18.8. The molecule has 0 unspecified atom stereocenters. The Hall–Kier alpha value is -4.20. The first-order valence-electron chi connectivity index (χ1n) is 17.8. The predicted octanol–water partition coefficient (Wildman–Crippen LogP) is 10.2. The highest BCUT2D eigenvalue weighted by Crippen LogP contribution is 2.51. The van der Waals surface area contributed by atoms with Gasteiger partial charge in [-0.2, -0.15) is 0 Å². The van der Waals surface area contributed by atoms with E-state index in [1.807, 2.05) is 6.07 Å². The number of rotatable bonds is 3. The Bertz CT molecular complexity index is 2550. The van der Waals surface area contributed by atoms with E-state index in [0.29, 0.717) is 25.7 Å². The quantitative estimate of drug-likeness (QED) is 0.222. The first kappa shape index (κ1) is 10.6. The molecule has 0 N–H and O–H groups in total. The van der Waals surface area contributed by atoms with Gasteiger partial charge in [0.25, 0.3) is 0 Å². The molecule has 1 heterocycles. The summed E-state index contributed by atoms with van der Waals surface area (Å²) in [6, 6.07) is 6.30. The number of fused-ring (bicyclic) bond motifs is 3. The van der Waals surface area contributed by atoms with E-state index in [1.54, 1.807) is 42.5 Å². The van der Waals surface area contributed by atoms with E-state index in [9.17, 15) is 1.37 Å². The van der Waals surface area contributed by atoms with Crippen LogP contribution in [0.15, 0.2) is 133 Å². The second-order valence-electron chi connectivity index (χ2n) is 7.85. The average molecular weight is 477 g/mol. The van der Waals surface area contributed by atoms with Crippen LogP contribution in [-0.4, -0.2) is 0 Å². The molecule has 0 amide bonds. The van der Waals surface area contributed by atoms with Crippen molar-refractivity contribution in [1.82, 2.24) is 0 Å². The van der Waals surface area contributed by atoms with Crippen LogP contribution in [0.4, 0.5) is 0 Å². The molecule has 0 saturated carbocycles. The monoisotopic (exact) mass is 476 g/mol. The normalized spacial score (nSPS) is 17.0. The van der Waals surface area contributed by atoms with Gasteiger partial charge in [0.2, 0.25) is 0 Å². The van der Waals surface area contributed by atoms with Crippen molar-refractivity contribution in [3.05, 3.63) is 133 Å². The van der Waals surface area contributed by atoms with Crippen LogP contribution >= 0.6 is 11.3 Å². The predicted molar refractivity (Wildman–Crippen MR) is 153 cm³/mol. The Morgan fingerprint density at radius 2 is 0.914 bits per heavy atom. The maximum atomic E-state index is 9.22. The number of thiophene rings is 1. The molecule has 0 aliphatic carbocycles. The maximum absolute atomic E-state index is 9.22. The minimum atomic E-state index is -0.612. The van der Waals surface area contributed by atoms with Crippen molar-refractivity contribution >= 4 is 43.0 Å². The van der Waals surface area contributed by atoms with Crippen LogP contribution in [0.3, 0.4) is 0 Å². The van der Waals surface area contributed by atoms with E-state index in [4.69, 9.17) is 17.8 Å². The molecule has 0 aliphatic heterocycles. The van der Waals surface area contributed by atoms with E-state index in [-0.39, 0.29) is 38.6 Å². The number of hydrogen-bond donors (Lipinski definition) is 0. The summed E-state index contributed by atoms with van der Waals surface area (Å²) < 4.78 is 122. The second kappa shape index (κ2) is 8.23. The fourth-order valence-corrected chi connectivity index (χ4v) is 5.87. The van der Waals surface area contributed by atoms with Crippen LogP contribution in [0.1, 0.15) is 19.2 Å². The van der Waals surface area contributed by atoms with E-state index in [2.05, 4.69) is 0 Å². The Kier molecular flexibility index (Phi) is 2.49. The van der Waals surface area contributed by atoms with E-state index in [0.717, 1.165) is 0 Å². The van der Waals surface area contributed by atoms with Crippen molar-refractivity contribution in [2.45, 2.75) is 0 Å². The highest BCUT2D eigenvalue weighted by Gasteiger charge is 2.21. The van der Waals surface area contributed by atoms with Gasteiger partial charge in [0.1, 0.15) is 0 Å². The van der Waals surface area contributed by atoms with Gasteiger partial charge in [-0.15, -0.1) is 11.3 Å². The summed E-state index contributed by atoms with van der Waals surface area (Å²) in [5, 5.41) is 1.21. The highest BCUT2D eigenvalue weighted by molar-refractivity contribution is 7.23. The van der Waals surface area contributed by atoms with Gasteiger partial charge in [-0.3, -0.25) is 0 Å². The molecule has 0 nitrogen and oxygen atoms in total. The smallest absolute Gasteiger partial charge is 0.0629 e. The van der Waals surface area contributed by atoms with E-state index in [1.165, 1.54) is 11.3 Å². The van der Waals surface area contributed by atoms with Crippen molar-refractivity contribution in [2.75, 3.05) is 0 Å². The lowest BCUT2D eigenvalue weighted by Gasteiger charge is -2.18. The molecule has 1 heteroatoms. The molecule has 6 aromatic carbocycles. The van der Waals surface area contributed by atoms with Crippen LogP contribution in [-0.2, 0) is 0 Å². The second-order valence-corrected chi connectivity index (χ2v) is 8.90. The van der Waals surface area contributed by atoms with Crippen LogP contribution in [0.5, 0.6) is 0 Å². The lowest BCUT2D eigenvalue weighted by atomic mass is 9.86. The third kappa shape index (κ3) is 3.20. The summed E-state index contributed by atoms with van der Waals surface area (Å²) in [6.45, 7) is 0. The molecule has 0 fully saturated rings. The van der Waals surface area contributed by atoms with E-state index < -0.39 is 84.6 Å². The molecule has 0 radical (unpaired) electrons. The molecular formula is C34H22S. The molecule has 0 aliphatic rings. The fraction of sp³-hybridized carbons (Fsp3) is 0. The topological polar surface area (TPSA) is 0 Å². The molecule has 7 rings (SSSR count). The summed E-state index contributed by atoms with van der Waals surface area (Å²) >= 11 is 1.23. The first-order valence-corrected chi connectivity index (χ1v) is 11.6. The molecule has 35 heavy (non-hydrogen) atoms. The largest absolute Gasteiger partial charge is 0.134 e. The van der Waals surface area contributed by atoms with Gasteiger partial charge in [-0.25, -0.2) is 0 Å². The van der Waals surface area contributed by atoms with E-state index >= 15 is 0 Å². The third-order valence-electron chi connectivity index (χ3n) is 5.98. The molecular weight excluding hydrogens is 440 g/mol. The van der Waals surface area contributed by atoms with Gasteiger partial charge in [0.05, 0.1) is 19.2 Å². The van der Waals surface area contributed by atoms with Gasteiger partial charge < -0.3 is 0 Å². The summed E-state index contributed by atoms with van der Waals surface area (Å²) in [5.74, 6) is 0. The first-order chi connectivity index (χ1) is 23.2. The highest BCUT2D eigenvalue weighted by atomic mass is 32.1. The Labute approximate surface area is 228 Å². The summed E-state index contributed by atoms with van der Waals surface area (Å²) in [5.41, 5.74) is 0.296. The summed E-state index contributed by atoms with van der Waals surface area (Å²) in [6.07, 6.45) is 0. The Morgan fingerprint density at radius 3 is 1.57 bits per heavy atom. The molecule has 7 aromatic rings. The molecule has 0 spiro atoms. The molecule has 0 bridgehead atoms. The average Bonchev–Trinajstić information content (AvgIpc) is 3.48. The van der Waals surface area contributed by atoms with Gasteiger partial charge in [0.15, 0.2) is 0 Å². The van der Waals surface area contributed by atoms with Gasteiger partial charge in [-0.05, 0) is 44.3 Å². The zero-order valence-electron chi connectivity index (χ0n) is 32.0. The van der Waals surface area contributed by atoms with Gasteiger partial charge >= 0.3 is 0 Å². The standard InChI is InChI=1S/C34H22S/c1-3-13-23(14-4-1)31-25-17-7-9-19-27(25)33(28-20-10-8-18-26(28)31)34-32(24-15-5-2-6-16-24)29-21-11-12-22-30(29)35-34/h1-22H/i1D,2D,3D,4D,5D,6D,7D,9D,13D,14D,15D,16D,17D,19D. The summed E-state index contributed by atoms with van der Waals surface area (Å²) in [7, 11) is 0. The van der Waals surface area contributed by atoms with Crippen molar-refractivity contribution in [1.29, 1.82) is 0 Å². The fourth-order valence-electron chi connectivity index (χ4n) is 4.59. The van der Waals surface area contributed by atoms with Crippen molar-refractivity contribution in [2.24, 2.45) is 0 Å². The summed E-state index contributed by atoms with van der Waals surface area (Å²) in [4.78, 5) is 0.374. The van der Waals surface area contributed by atoms with Crippen molar-refractivity contribution in [3.8, 4) is 32.7 Å².